The first-order valence-electron chi connectivity index (χ1n) is 6.11. The number of amidine groups is 1. The van der Waals surface area contributed by atoms with Crippen LogP contribution in [0.25, 0.3) is 0 Å². The third kappa shape index (κ3) is 3.22. The molecule has 0 radical (unpaired) electrons. The van der Waals surface area contributed by atoms with Gasteiger partial charge in [-0.25, -0.2) is 4.79 Å². The Hall–Kier alpha value is -2.91. The Morgan fingerprint density at radius 1 is 1.23 bits per heavy atom. The van der Waals surface area contributed by atoms with E-state index < -0.39 is 23.8 Å². The van der Waals surface area contributed by atoms with E-state index in [1.807, 2.05) is 0 Å². The van der Waals surface area contributed by atoms with E-state index in [1.165, 1.54) is 27.9 Å². The summed E-state index contributed by atoms with van der Waals surface area (Å²) in [5, 5.41) is 19.1. The number of ketones is 1. The maximum atomic E-state index is 11.8. The fourth-order valence-corrected chi connectivity index (χ4v) is 1.69. The van der Waals surface area contributed by atoms with Crippen LogP contribution in [0.2, 0.25) is 0 Å². The Kier molecular flexibility index (Phi) is 5.22. The maximum absolute atomic E-state index is 11.8. The molecule has 0 aliphatic carbocycles. The highest BCUT2D eigenvalue weighted by Gasteiger charge is 2.42. The number of imide groups is 1. The fourth-order valence-electron chi connectivity index (χ4n) is 1.69. The Morgan fingerprint density at radius 2 is 1.82 bits per heavy atom. The molecule has 10 nitrogen and oxygen atoms in total. The molecule has 0 aromatic heterocycles. The predicted octanol–water partition coefficient (Wildman–Crippen LogP) is 0.451. The molecule has 1 aliphatic heterocycles. The van der Waals surface area contributed by atoms with Crippen molar-refractivity contribution in [3.63, 3.8) is 0 Å². The summed E-state index contributed by atoms with van der Waals surface area (Å²) in [5.74, 6) is -1.80. The third-order valence-electron chi connectivity index (χ3n) is 2.95. The van der Waals surface area contributed by atoms with Crippen LogP contribution >= 0.6 is 0 Å². The fraction of sp³-hybridized carbons (Fsp3) is 0.417. The van der Waals surface area contributed by atoms with Crippen molar-refractivity contribution in [3.8, 4) is 0 Å². The van der Waals surface area contributed by atoms with Crippen LogP contribution in [0.15, 0.2) is 26.7 Å². The van der Waals surface area contributed by atoms with Crippen LogP contribution in [-0.2, 0) is 9.59 Å². The molecule has 0 spiro atoms. The molecule has 0 bridgehead atoms. The third-order valence-corrected chi connectivity index (χ3v) is 2.95. The summed E-state index contributed by atoms with van der Waals surface area (Å²) in [6, 6.07) is -2.20. The quantitative estimate of drug-likeness (QED) is 0.265. The van der Waals surface area contributed by atoms with Crippen LogP contribution in [0, 0.1) is 4.91 Å². The van der Waals surface area contributed by atoms with Crippen molar-refractivity contribution in [1.82, 2.24) is 9.80 Å². The first-order valence-corrected chi connectivity index (χ1v) is 6.11. The second kappa shape index (κ2) is 6.70. The zero-order valence-corrected chi connectivity index (χ0v) is 12.5. The van der Waals surface area contributed by atoms with Crippen molar-refractivity contribution in [2.75, 3.05) is 14.1 Å². The van der Waals surface area contributed by atoms with Crippen molar-refractivity contribution in [1.29, 1.82) is 0 Å². The number of amides is 3. The molecule has 1 fully saturated rings. The topological polar surface area (TPSA) is 132 Å². The zero-order valence-electron chi connectivity index (χ0n) is 12.5. The number of hydrogen-bond donors (Lipinski definition) is 1. The number of rotatable bonds is 4. The Labute approximate surface area is 125 Å². The van der Waals surface area contributed by atoms with Crippen molar-refractivity contribution in [2.45, 2.75) is 19.9 Å². The monoisotopic (exact) mass is 309 g/mol. The molecule has 1 aliphatic rings. The van der Waals surface area contributed by atoms with Gasteiger partial charge >= 0.3 is 6.03 Å². The largest absolute Gasteiger partial charge is 0.512 e. The molecule has 0 aromatic rings. The average Bonchev–Trinajstić information content (AvgIpc) is 2.45. The first-order chi connectivity index (χ1) is 10.2. The zero-order chi connectivity index (χ0) is 17.0. The highest BCUT2D eigenvalue weighted by atomic mass is 16.3. The van der Waals surface area contributed by atoms with Crippen molar-refractivity contribution < 1.29 is 19.5 Å². The van der Waals surface area contributed by atoms with E-state index in [1.54, 1.807) is 0 Å². The Balaban J connectivity index is 3.19. The summed E-state index contributed by atoms with van der Waals surface area (Å²) in [6.45, 7) is 2.51. The number of Topliss-reactive ketones (excluding diaryl/α,β-unsaturated/α-hetero) is 1. The van der Waals surface area contributed by atoms with E-state index in [-0.39, 0.29) is 17.2 Å². The number of likely N-dealkylation sites (N-methyl/N-ethyl adjacent to an activating group) is 2. The van der Waals surface area contributed by atoms with E-state index in [2.05, 4.69) is 15.4 Å². The van der Waals surface area contributed by atoms with Crippen LogP contribution in [0.4, 0.5) is 4.79 Å². The van der Waals surface area contributed by atoms with Crippen LogP contribution in [0.5, 0.6) is 0 Å². The van der Waals surface area contributed by atoms with Crippen molar-refractivity contribution >= 4 is 29.8 Å². The number of allylic oxidation sites excluding steroid dienone is 2. The van der Waals surface area contributed by atoms with Gasteiger partial charge in [-0.1, -0.05) is 0 Å². The predicted molar refractivity (Wildman–Crippen MR) is 77.4 cm³/mol. The van der Waals surface area contributed by atoms with Gasteiger partial charge in [0.25, 0.3) is 5.91 Å². The number of aliphatic hydroxyl groups excluding tert-OH is 1. The van der Waals surface area contributed by atoms with Crippen molar-refractivity contribution in [3.05, 3.63) is 16.2 Å². The molecule has 1 heterocycles. The molecule has 10 heteroatoms. The van der Waals surface area contributed by atoms with Gasteiger partial charge in [0.2, 0.25) is 6.04 Å². The molecule has 1 saturated heterocycles. The van der Waals surface area contributed by atoms with Crippen molar-refractivity contribution in [2.24, 2.45) is 15.4 Å². The number of nitrogens with zero attached hydrogens (tertiary/aromatic N) is 5. The molecule has 0 saturated carbocycles. The Morgan fingerprint density at radius 3 is 2.27 bits per heavy atom. The second-order valence-corrected chi connectivity index (χ2v) is 4.50. The molecule has 1 atom stereocenters. The van der Waals surface area contributed by atoms with Gasteiger partial charge in [-0.05, 0) is 19.0 Å². The molecule has 1 rings (SSSR count). The average molecular weight is 309 g/mol. The van der Waals surface area contributed by atoms with E-state index in [4.69, 9.17) is 0 Å². The second-order valence-electron chi connectivity index (χ2n) is 4.50. The lowest BCUT2D eigenvalue weighted by atomic mass is 10.2. The van der Waals surface area contributed by atoms with Gasteiger partial charge in [0.05, 0.1) is 11.8 Å². The molecular formula is C12H15N5O5. The van der Waals surface area contributed by atoms with E-state index in [0.29, 0.717) is 0 Å². The van der Waals surface area contributed by atoms with Gasteiger partial charge in [0.1, 0.15) is 5.76 Å². The van der Waals surface area contributed by atoms with Gasteiger partial charge in [0, 0.05) is 14.1 Å². The highest BCUT2D eigenvalue weighted by molar-refractivity contribution is 6.20. The smallest absolute Gasteiger partial charge is 0.331 e. The normalized spacial score (nSPS) is 22.4. The van der Waals surface area contributed by atoms with Gasteiger partial charge in [-0.2, -0.15) is 5.10 Å². The molecule has 1 N–H and O–H groups in total. The van der Waals surface area contributed by atoms with Crippen LogP contribution in [0.3, 0.4) is 0 Å². The number of nitroso groups, excluding NO2 is 1. The minimum atomic E-state index is -1.51. The summed E-state index contributed by atoms with van der Waals surface area (Å²) < 4.78 is 0. The van der Waals surface area contributed by atoms with E-state index >= 15 is 0 Å². The van der Waals surface area contributed by atoms with Crippen LogP contribution in [0.1, 0.15) is 13.8 Å². The van der Waals surface area contributed by atoms with Gasteiger partial charge < -0.3 is 5.11 Å². The summed E-state index contributed by atoms with van der Waals surface area (Å²) in [5.41, 5.74) is -0.0896. The summed E-state index contributed by atoms with van der Waals surface area (Å²) >= 11 is 0. The van der Waals surface area contributed by atoms with Gasteiger partial charge in [0.15, 0.2) is 11.6 Å². The lowest BCUT2D eigenvalue weighted by molar-refractivity contribution is -0.128. The lowest BCUT2D eigenvalue weighted by Crippen LogP contribution is -2.58. The number of aliphatic hydroxyl groups is 1. The van der Waals surface area contributed by atoms with E-state index in [0.717, 1.165) is 16.0 Å². The molecule has 3 amide bonds. The van der Waals surface area contributed by atoms with Gasteiger partial charge in [-0.3, -0.25) is 19.4 Å². The number of urea groups is 1. The molecule has 1 unspecified atom stereocenters. The minimum Gasteiger partial charge on any atom is -0.512 e. The molecule has 22 heavy (non-hydrogen) atoms. The minimum absolute atomic E-state index is 0.0896. The maximum Gasteiger partial charge on any atom is 0.331 e. The van der Waals surface area contributed by atoms with Crippen LogP contribution < -0.4 is 0 Å². The summed E-state index contributed by atoms with van der Waals surface area (Å²) in [4.78, 5) is 47.3. The van der Waals surface area contributed by atoms with Gasteiger partial charge in [-0.15, -0.1) is 10.0 Å². The standard InChI is InChI=1S/C12H15N5O5/c1-6(18)8(7(2)19)5-13-14-10-9(15-22)11(20)17(4)12(21)16(10)3/h5,9,18H,1-4H3/b8-6+,13-5+,14-10+. The summed E-state index contributed by atoms with van der Waals surface area (Å²) in [7, 11) is 2.52. The highest BCUT2D eigenvalue weighted by Crippen LogP contribution is 2.13. The number of hydrogen-bond acceptors (Lipinski definition) is 8. The molecule has 0 aromatic carbocycles. The summed E-state index contributed by atoms with van der Waals surface area (Å²) in [6.07, 6.45) is 0.966. The number of carbonyl (C=O) groups excluding carboxylic acids is 3. The molecular weight excluding hydrogens is 294 g/mol. The Bertz CT molecular complexity index is 617. The number of carbonyl (C=O) groups is 3. The lowest BCUT2D eigenvalue weighted by Gasteiger charge is -2.31. The first kappa shape index (κ1) is 17.1. The SMILES string of the molecule is CC(=O)C(/C=N/N=C1\C(N=O)C(=O)N(C)C(=O)N1C)=C(\C)O. The van der Waals surface area contributed by atoms with Crippen LogP contribution in [-0.4, -0.2) is 64.8 Å². The van der Waals surface area contributed by atoms with E-state index in [9.17, 15) is 24.4 Å². The molecule has 118 valence electrons.